The van der Waals surface area contributed by atoms with Crippen LogP contribution >= 0.6 is 0 Å². The van der Waals surface area contributed by atoms with Gasteiger partial charge in [-0.3, -0.25) is 9.69 Å². The minimum Gasteiger partial charge on any atom is -0.493 e. The number of amides is 1. The Balaban J connectivity index is 1.86. The number of hydrogen-bond acceptors (Lipinski definition) is 5. The highest BCUT2D eigenvalue weighted by atomic mass is 16.5. The summed E-state index contributed by atoms with van der Waals surface area (Å²) >= 11 is 0. The lowest BCUT2D eigenvalue weighted by Gasteiger charge is -2.40. The van der Waals surface area contributed by atoms with E-state index in [9.17, 15) is 4.79 Å². The van der Waals surface area contributed by atoms with Crippen LogP contribution in [0, 0.1) is 5.92 Å². The van der Waals surface area contributed by atoms with E-state index in [2.05, 4.69) is 16.3 Å². The van der Waals surface area contributed by atoms with Crippen molar-refractivity contribution in [2.24, 2.45) is 5.92 Å². The third kappa shape index (κ3) is 4.30. The highest BCUT2D eigenvalue weighted by Gasteiger charge is 2.35. The number of rotatable bonds is 4. The molecule has 1 aliphatic heterocycles. The number of carbonyl (C=O) groups excluding carboxylic acids is 1. The summed E-state index contributed by atoms with van der Waals surface area (Å²) in [6, 6.07) is 6.20. The average molecular weight is 362 g/mol. The molecule has 0 aromatic heterocycles. The first-order valence-electron chi connectivity index (χ1n) is 9.54. The predicted octanol–water partition coefficient (Wildman–Crippen LogP) is 2.21. The maximum Gasteiger partial charge on any atom is 0.224 e. The van der Waals surface area contributed by atoms with Crippen LogP contribution in [0.15, 0.2) is 18.2 Å². The van der Waals surface area contributed by atoms with Crippen molar-refractivity contribution in [2.75, 3.05) is 40.5 Å². The summed E-state index contributed by atoms with van der Waals surface area (Å²) in [6.45, 7) is 3.38. The zero-order valence-electron chi connectivity index (χ0n) is 15.8. The summed E-state index contributed by atoms with van der Waals surface area (Å²) in [6.07, 6.45) is 4.30. The van der Waals surface area contributed by atoms with Crippen LogP contribution in [-0.2, 0) is 16.1 Å². The fourth-order valence-corrected chi connectivity index (χ4v) is 4.17. The van der Waals surface area contributed by atoms with Gasteiger partial charge in [-0.05, 0) is 18.9 Å². The molecular weight excluding hydrogens is 332 g/mol. The van der Waals surface area contributed by atoms with Crippen LogP contribution < -0.4 is 14.8 Å². The summed E-state index contributed by atoms with van der Waals surface area (Å²) in [5.41, 5.74) is 1.08. The van der Waals surface area contributed by atoms with Crippen molar-refractivity contribution < 1.29 is 19.0 Å². The SMILES string of the molecule is COc1cccc(CN2CCOCCNC(=O)[C@H]3CCCC[C@H]32)c1OC. The van der Waals surface area contributed by atoms with E-state index in [0.29, 0.717) is 19.8 Å². The lowest BCUT2D eigenvalue weighted by molar-refractivity contribution is -0.129. The molecule has 6 heteroatoms. The molecule has 1 N–H and O–H groups in total. The Morgan fingerprint density at radius 1 is 1.19 bits per heavy atom. The van der Waals surface area contributed by atoms with Gasteiger partial charge in [0.15, 0.2) is 11.5 Å². The lowest BCUT2D eigenvalue weighted by atomic mass is 9.82. The van der Waals surface area contributed by atoms with Gasteiger partial charge in [-0.15, -0.1) is 0 Å². The van der Waals surface area contributed by atoms with Gasteiger partial charge in [0, 0.05) is 31.2 Å². The number of para-hydroxylation sites is 1. The van der Waals surface area contributed by atoms with Crippen LogP contribution in [0.3, 0.4) is 0 Å². The van der Waals surface area contributed by atoms with Crippen molar-refractivity contribution >= 4 is 5.91 Å². The van der Waals surface area contributed by atoms with Crippen molar-refractivity contribution in [3.05, 3.63) is 23.8 Å². The first kappa shape index (κ1) is 19.0. The van der Waals surface area contributed by atoms with E-state index in [1.807, 2.05) is 12.1 Å². The van der Waals surface area contributed by atoms with E-state index in [1.165, 1.54) is 6.42 Å². The van der Waals surface area contributed by atoms with E-state index in [0.717, 1.165) is 49.4 Å². The minimum atomic E-state index is 0.0541. The van der Waals surface area contributed by atoms with Crippen LogP contribution in [0.5, 0.6) is 11.5 Å². The third-order valence-electron chi connectivity index (χ3n) is 5.46. The first-order chi connectivity index (χ1) is 12.7. The van der Waals surface area contributed by atoms with E-state index >= 15 is 0 Å². The monoisotopic (exact) mass is 362 g/mol. The van der Waals surface area contributed by atoms with Gasteiger partial charge in [0.2, 0.25) is 5.91 Å². The normalized spacial score (nSPS) is 25.1. The number of nitrogens with one attached hydrogen (secondary N) is 1. The molecule has 26 heavy (non-hydrogen) atoms. The zero-order valence-corrected chi connectivity index (χ0v) is 15.8. The summed E-state index contributed by atoms with van der Waals surface area (Å²) in [5, 5.41) is 3.04. The smallest absolute Gasteiger partial charge is 0.224 e. The number of hydrogen-bond donors (Lipinski definition) is 1. The van der Waals surface area contributed by atoms with Crippen molar-refractivity contribution in [1.82, 2.24) is 10.2 Å². The maximum atomic E-state index is 12.6. The second-order valence-electron chi connectivity index (χ2n) is 6.98. The molecule has 1 heterocycles. The van der Waals surface area contributed by atoms with Crippen molar-refractivity contribution in [3.8, 4) is 11.5 Å². The Kier molecular flexibility index (Phi) is 6.74. The molecule has 0 spiro atoms. The molecule has 0 bridgehead atoms. The van der Waals surface area contributed by atoms with Crippen LogP contribution in [0.4, 0.5) is 0 Å². The number of carbonyl (C=O) groups is 1. The standard InChI is InChI=1S/C20H30N2O4/c1-24-18-9-5-6-15(19(18)25-2)14-22-11-13-26-12-10-21-20(23)16-7-3-4-8-17(16)22/h5-6,9,16-17H,3-4,7-8,10-14H2,1-2H3,(H,21,23)/t16-,17+/m0/s1. The highest BCUT2D eigenvalue weighted by Crippen LogP contribution is 2.34. The number of ether oxygens (including phenoxy) is 3. The molecule has 2 atom stereocenters. The Labute approximate surface area is 155 Å². The molecule has 2 fully saturated rings. The quantitative estimate of drug-likeness (QED) is 0.890. The molecule has 6 nitrogen and oxygen atoms in total. The van der Waals surface area contributed by atoms with E-state index in [-0.39, 0.29) is 17.9 Å². The average Bonchev–Trinajstić information content (AvgIpc) is 2.68. The van der Waals surface area contributed by atoms with Crippen molar-refractivity contribution in [1.29, 1.82) is 0 Å². The second kappa shape index (κ2) is 9.24. The van der Waals surface area contributed by atoms with Gasteiger partial charge in [-0.1, -0.05) is 25.0 Å². The van der Waals surface area contributed by atoms with Crippen LogP contribution in [-0.4, -0.2) is 57.4 Å². The summed E-state index contributed by atoms with van der Waals surface area (Å²) in [4.78, 5) is 15.0. The zero-order chi connectivity index (χ0) is 18.4. The molecule has 1 aromatic carbocycles. The highest BCUT2D eigenvalue weighted by molar-refractivity contribution is 5.79. The summed E-state index contributed by atoms with van der Waals surface area (Å²) < 4.78 is 16.7. The summed E-state index contributed by atoms with van der Waals surface area (Å²) in [7, 11) is 3.32. The van der Waals surface area contributed by atoms with Crippen molar-refractivity contribution in [3.63, 3.8) is 0 Å². The Bertz CT molecular complexity index is 607. The van der Waals surface area contributed by atoms with Gasteiger partial charge < -0.3 is 19.5 Å². The molecular formula is C20H30N2O4. The molecule has 1 saturated heterocycles. The molecule has 0 unspecified atom stereocenters. The largest absolute Gasteiger partial charge is 0.493 e. The molecule has 1 aliphatic carbocycles. The Morgan fingerprint density at radius 3 is 2.85 bits per heavy atom. The molecule has 2 aliphatic rings. The number of fused-ring (bicyclic) bond motifs is 1. The molecule has 144 valence electrons. The third-order valence-corrected chi connectivity index (χ3v) is 5.46. The topological polar surface area (TPSA) is 60.0 Å². The van der Waals surface area contributed by atoms with Gasteiger partial charge in [0.1, 0.15) is 0 Å². The Morgan fingerprint density at radius 2 is 2.04 bits per heavy atom. The Hall–Kier alpha value is -1.79. The lowest BCUT2D eigenvalue weighted by Crippen LogP contribution is -2.50. The number of benzene rings is 1. The van der Waals surface area contributed by atoms with Gasteiger partial charge in [-0.2, -0.15) is 0 Å². The van der Waals surface area contributed by atoms with Crippen molar-refractivity contribution in [2.45, 2.75) is 38.3 Å². The molecule has 3 rings (SSSR count). The van der Waals surface area contributed by atoms with Crippen LogP contribution in [0.2, 0.25) is 0 Å². The van der Waals surface area contributed by atoms with E-state index < -0.39 is 0 Å². The molecule has 1 aromatic rings. The van der Waals surface area contributed by atoms with Crippen LogP contribution in [0.25, 0.3) is 0 Å². The van der Waals surface area contributed by atoms with Gasteiger partial charge in [-0.25, -0.2) is 0 Å². The van der Waals surface area contributed by atoms with E-state index in [4.69, 9.17) is 14.2 Å². The molecule has 1 amide bonds. The molecule has 1 saturated carbocycles. The van der Waals surface area contributed by atoms with E-state index in [1.54, 1.807) is 14.2 Å². The fourth-order valence-electron chi connectivity index (χ4n) is 4.17. The van der Waals surface area contributed by atoms with Gasteiger partial charge in [0.05, 0.1) is 33.4 Å². The molecule has 0 radical (unpaired) electrons. The fraction of sp³-hybridized carbons (Fsp3) is 0.650. The first-order valence-corrected chi connectivity index (χ1v) is 9.54. The number of methoxy groups -OCH3 is 2. The number of nitrogens with zero attached hydrogens (tertiary/aromatic N) is 1. The van der Waals surface area contributed by atoms with Crippen LogP contribution in [0.1, 0.15) is 31.2 Å². The minimum absolute atomic E-state index is 0.0541. The maximum absolute atomic E-state index is 12.6. The summed E-state index contributed by atoms with van der Waals surface area (Å²) in [5.74, 6) is 1.73. The van der Waals surface area contributed by atoms with Gasteiger partial charge in [0.25, 0.3) is 0 Å². The second-order valence-corrected chi connectivity index (χ2v) is 6.98. The van der Waals surface area contributed by atoms with Gasteiger partial charge >= 0.3 is 0 Å². The predicted molar refractivity (Wildman–Crippen MR) is 99.5 cm³/mol.